The van der Waals surface area contributed by atoms with E-state index in [9.17, 15) is 8.42 Å². The van der Waals surface area contributed by atoms with E-state index in [0.29, 0.717) is 25.3 Å². The van der Waals surface area contributed by atoms with Crippen molar-refractivity contribution < 1.29 is 13.2 Å². The van der Waals surface area contributed by atoms with Crippen LogP contribution in [0.1, 0.15) is 6.42 Å². The molecule has 0 unspecified atom stereocenters. The highest BCUT2D eigenvalue weighted by Crippen LogP contribution is 2.23. The third kappa shape index (κ3) is 2.43. The number of rotatable bonds is 3. The molecule has 1 atom stereocenters. The molecule has 17 heavy (non-hydrogen) atoms. The van der Waals surface area contributed by atoms with Crippen molar-refractivity contribution in [3.63, 3.8) is 0 Å². The maximum Gasteiger partial charge on any atom is 0.243 e. The molecule has 2 N–H and O–H groups in total. The Bertz CT molecular complexity index is 501. The molecule has 1 heterocycles. The van der Waals surface area contributed by atoms with Gasteiger partial charge in [0.1, 0.15) is 5.75 Å². The summed E-state index contributed by atoms with van der Waals surface area (Å²) in [5, 5.41) is 0. The van der Waals surface area contributed by atoms with E-state index in [1.165, 1.54) is 17.5 Å². The molecular weight excluding hydrogens is 240 g/mol. The quantitative estimate of drug-likeness (QED) is 0.850. The first-order valence-electron chi connectivity index (χ1n) is 5.44. The van der Waals surface area contributed by atoms with E-state index >= 15 is 0 Å². The second-order valence-electron chi connectivity index (χ2n) is 4.09. The molecule has 0 aromatic heterocycles. The fourth-order valence-electron chi connectivity index (χ4n) is 1.88. The summed E-state index contributed by atoms with van der Waals surface area (Å²) in [6, 6.07) is 6.42. The van der Waals surface area contributed by atoms with E-state index in [4.69, 9.17) is 10.5 Å². The lowest BCUT2D eigenvalue weighted by Gasteiger charge is -2.16. The predicted octanol–water partition coefficient (Wildman–Crippen LogP) is 0.417. The lowest BCUT2D eigenvalue weighted by atomic mass is 10.3. The van der Waals surface area contributed by atoms with Gasteiger partial charge in [-0.25, -0.2) is 8.42 Å². The van der Waals surface area contributed by atoms with Crippen molar-refractivity contribution in [2.24, 2.45) is 5.73 Å². The van der Waals surface area contributed by atoms with E-state index < -0.39 is 10.0 Å². The molecule has 1 fully saturated rings. The highest BCUT2D eigenvalue weighted by Gasteiger charge is 2.30. The molecule has 6 heteroatoms. The molecule has 1 aromatic rings. The molecule has 2 rings (SSSR count). The molecular formula is C11H16N2O3S. The number of hydrogen-bond acceptors (Lipinski definition) is 4. The zero-order valence-corrected chi connectivity index (χ0v) is 10.5. The van der Waals surface area contributed by atoms with Gasteiger partial charge in [0.05, 0.1) is 12.0 Å². The van der Waals surface area contributed by atoms with Crippen LogP contribution in [-0.4, -0.2) is 39.0 Å². The van der Waals surface area contributed by atoms with Crippen LogP contribution in [0.4, 0.5) is 0 Å². The molecule has 94 valence electrons. The van der Waals surface area contributed by atoms with Crippen molar-refractivity contribution in [2.45, 2.75) is 17.4 Å². The van der Waals surface area contributed by atoms with Crippen molar-refractivity contribution in [3.05, 3.63) is 24.3 Å². The number of benzene rings is 1. The normalized spacial score (nSPS) is 21.6. The van der Waals surface area contributed by atoms with Crippen LogP contribution in [0.3, 0.4) is 0 Å². The first-order valence-corrected chi connectivity index (χ1v) is 6.88. The second-order valence-corrected chi connectivity index (χ2v) is 6.03. The zero-order valence-electron chi connectivity index (χ0n) is 9.67. The van der Waals surface area contributed by atoms with Gasteiger partial charge in [-0.05, 0) is 18.6 Å². The Morgan fingerprint density at radius 2 is 2.24 bits per heavy atom. The second kappa shape index (κ2) is 4.64. The Hall–Kier alpha value is -1.11. The van der Waals surface area contributed by atoms with Crippen LogP contribution in [0.15, 0.2) is 29.2 Å². The highest BCUT2D eigenvalue weighted by molar-refractivity contribution is 7.89. The molecule has 1 aromatic carbocycles. The summed E-state index contributed by atoms with van der Waals surface area (Å²) in [6.07, 6.45) is 0.712. The van der Waals surface area contributed by atoms with Crippen LogP contribution in [0, 0.1) is 0 Å². The molecule has 1 aliphatic rings. The van der Waals surface area contributed by atoms with Crippen molar-refractivity contribution in [2.75, 3.05) is 20.2 Å². The Balaban J connectivity index is 2.31. The summed E-state index contributed by atoms with van der Waals surface area (Å²) < 4.78 is 31.0. The van der Waals surface area contributed by atoms with E-state index in [1.54, 1.807) is 18.2 Å². The van der Waals surface area contributed by atoms with Gasteiger partial charge >= 0.3 is 0 Å². The number of hydrogen-bond donors (Lipinski definition) is 1. The van der Waals surface area contributed by atoms with Crippen LogP contribution >= 0.6 is 0 Å². The SMILES string of the molecule is COc1cccc(S(=O)(=O)N2CC[C@H](N)C2)c1. The van der Waals surface area contributed by atoms with Crippen LogP contribution in [0.2, 0.25) is 0 Å². The largest absolute Gasteiger partial charge is 0.497 e. The van der Waals surface area contributed by atoms with Crippen molar-refractivity contribution >= 4 is 10.0 Å². The van der Waals surface area contributed by atoms with E-state index in [2.05, 4.69) is 0 Å². The van der Waals surface area contributed by atoms with Gasteiger partial charge in [0, 0.05) is 25.2 Å². The van der Waals surface area contributed by atoms with Crippen LogP contribution in [0.25, 0.3) is 0 Å². The summed E-state index contributed by atoms with van der Waals surface area (Å²) in [7, 11) is -1.92. The van der Waals surface area contributed by atoms with Crippen molar-refractivity contribution in [3.8, 4) is 5.75 Å². The average Bonchev–Trinajstić information content (AvgIpc) is 2.76. The number of nitrogens with zero attached hydrogens (tertiary/aromatic N) is 1. The van der Waals surface area contributed by atoms with E-state index in [1.807, 2.05) is 0 Å². The van der Waals surface area contributed by atoms with Gasteiger partial charge in [0.15, 0.2) is 0 Å². The Morgan fingerprint density at radius 1 is 1.47 bits per heavy atom. The molecule has 0 bridgehead atoms. The standard InChI is InChI=1S/C11H16N2O3S/c1-16-10-3-2-4-11(7-10)17(14,15)13-6-5-9(12)8-13/h2-4,7,9H,5-6,8,12H2,1H3/t9-/m0/s1. The summed E-state index contributed by atoms with van der Waals surface area (Å²) in [5.74, 6) is 0.537. The maximum absolute atomic E-state index is 12.3. The van der Waals surface area contributed by atoms with Crippen molar-refractivity contribution in [1.29, 1.82) is 0 Å². The van der Waals surface area contributed by atoms with Gasteiger partial charge in [0.2, 0.25) is 10.0 Å². The molecule has 0 spiro atoms. The van der Waals surface area contributed by atoms with E-state index in [-0.39, 0.29) is 10.9 Å². The molecule has 0 aliphatic carbocycles. The molecule has 0 saturated carbocycles. The van der Waals surface area contributed by atoms with Gasteiger partial charge in [-0.15, -0.1) is 0 Å². The van der Waals surface area contributed by atoms with Crippen LogP contribution in [-0.2, 0) is 10.0 Å². The topological polar surface area (TPSA) is 72.6 Å². The van der Waals surface area contributed by atoms with Gasteiger partial charge in [-0.3, -0.25) is 0 Å². The van der Waals surface area contributed by atoms with Crippen molar-refractivity contribution in [1.82, 2.24) is 4.31 Å². The maximum atomic E-state index is 12.3. The summed E-state index contributed by atoms with van der Waals surface area (Å²) in [4.78, 5) is 0.256. The minimum absolute atomic E-state index is 0.0598. The smallest absolute Gasteiger partial charge is 0.243 e. The Labute approximate surface area is 101 Å². The minimum atomic E-state index is -3.43. The summed E-state index contributed by atoms with van der Waals surface area (Å²) in [5.41, 5.74) is 5.73. The average molecular weight is 256 g/mol. The lowest BCUT2D eigenvalue weighted by Crippen LogP contribution is -2.31. The Morgan fingerprint density at radius 3 is 2.82 bits per heavy atom. The third-order valence-electron chi connectivity index (χ3n) is 2.87. The highest BCUT2D eigenvalue weighted by atomic mass is 32.2. The summed E-state index contributed by atoms with van der Waals surface area (Å²) >= 11 is 0. The van der Waals surface area contributed by atoms with Gasteiger partial charge in [-0.1, -0.05) is 6.07 Å². The molecule has 1 aliphatic heterocycles. The molecule has 1 saturated heterocycles. The first kappa shape index (κ1) is 12.3. The first-order chi connectivity index (χ1) is 8.04. The molecule has 0 radical (unpaired) electrons. The molecule has 5 nitrogen and oxygen atoms in total. The molecule has 0 amide bonds. The van der Waals surface area contributed by atoms with Gasteiger partial charge in [0.25, 0.3) is 0 Å². The van der Waals surface area contributed by atoms with Gasteiger partial charge in [-0.2, -0.15) is 4.31 Å². The minimum Gasteiger partial charge on any atom is -0.497 e. The fraction of sp³-hybridized carbons (Fsp3) is 0.455. The van der Waals surface area contributed by atoms with E-state index in [0.717, 1.165) is 0 Å². The predicted molar refractivity (Wildman–Crippen MR) is 64.3 cm³/mol. The summed E-state index contributed by atoms with van der Waals surface area (Å²) in [6.45, 7) is 0.875. The zero-order chi connectivity index (χ0) is 12.5. The fourth-order valence-corrected chi connectivity index (χ4v) is 3.43. The third-order valence-corrected chi connectivity index (χ3v) is 4.73. The van der Waals surface area contributed by atoms with Crippen LogP contribution < -0.4 is 10.5 Å². The van der Waals surface area contributed by atoms with Crippen LogP contribution in [0.5, 0.6) is 5.75 Å². The number of methoxy groups -OCH3 is 1. The number of nitrogens with two attached hydrogens (primary N) is 1. The number of sulfonamides is 1. The number of ether oxygens (including phenoxy) is 1. The lowest BCUT2D eigenvalue weighted by molar-refractivity contribution is 0.412. The van der Waals surface area contributed by atoms with Gasteiger partial charge < -0.3 is 10.5 Å². The Kier molecular flexibility index (Phi) is 3.37. The monoisotopic (exact) mass is 256 g/mol.